The fourth-order valence-corrected chi connectivity index (χ4v) is 4.22. The summed E-state index contributed by atoms with van der Waals surface area (Å²) < 4.78 is 54.0. The zero-order valence-electron chi connectivity index (χ0n) is 29.8. The van der Waals surface area contributed by atoms with Crippen LogP contribution in [0.2, 0.25) is 0 Å². The van der Waals surface area contributed by atoms with E-state index in [9.17, 15) is 4.79 Å². The minimum Gasteiger partial charge on any atom is -0.379 e. The predicted molar refractivity (Wildman–Crippen MR) is 185 cm³/mol. The van der Waals surface area contributed by atoms with Crippen molar-refractivity contribution in [2.24, 2.45) is 0 Å². The van der Waals surface area contributed by atoms with E-state index >= 15 is 0 Å². The number of carbonyl (C=O) groups is 1. The SMILES string of the molecule is CNC(=O)CCOCCOCCOCCN(CCOCCOCCOCCn1cc(C)nn1)CCOCCOCCOCCn1cc(S)nn1. The van der Waals surface area contributed by atoms with Gasteiger partial charge in [-0.25, -0.2) is 9.36 Å². The lowest BCUT2D eigenvalue weighted by atomic mass is 10.4. The van der Waals surface area contributed by atoms with E-state index in [-0.39, 0.29) is 5.91 Å². The number of aromatic nitrogens is 6. The van der Waals surface area contributed by atoms with Crippen LogP contribution in [0.25, 0.3) is 0 Å². The molecule has 0 saturated carbocycles. The number of aryl methyl sites for hydroxylation is 1. The summed E-state index contributed by atoms with van der Waals surface area (Å²) in [7, 11) is 1.61. The Hall–Kier alpha value is -2.30. The predicted octanol–water partition coefficient (Wildman–Crippen LogP) is -0.246. The van der Waals surface area contributed by atoms with Crippen molar-refractivity contribution in [1.82, 2.24) is 40.2 Å². The standard InChI is InChI=1S/C31H58N8O10S/c1-29-27-38(35-33-29)7-13-45-19-25-48-23-17-43-11-5-37(4-10-42-16-22-47-21-15-41-9-3-30(40)32-2)6-12-44-18-24-49-26-20-46-14-8-39-28-31(50)34-36-39/h27-28,50H,3-26H2,1-2H3,(H,32,40). The number of thiol groups is 1. The van der Waals surface area contributed by atoms with Gasteiger partial charge in [-0.2, -0.15) is 0 Å². The highest BCUT2D eigenvalue weighted by Crippen LogP contribution is 1.97. The highest BCUT2D eigenvalue weighted by molar-refractivity contribution is 7.80. The molecule has 0 saturated heterocycles. The molecule has 2 rings (SSSR count). The molecule has 0 aliphatic rings. The van der Waals surface area contributed by atoms with Crippen molar-refractivity contribution < 1.29 is 47.4 Å². The van der Waals surface area contributed by atoms with Crippen LogP contribution in [0.5, 0.6) is 0 Å². The first-order valence-corrected chi connectivity index (χ1v) is 17.6. The summed E-state index contributed by atoms with van der Waals surface area (Å²) in [6.45, 7) is 14.4. The van der Waals surface area contributed by atoms with Gasteiger partial charge in [0.1, 0.15) is 5.03 Å². The van der Waals surface area contributed by atoms with Gasteiger partial charge in [-0.1, -0.05) is 10.4 Å². The molecule has 0 atom stereocenters. The third-order valence-corrected chi connectivity index (χ3v) is 6.95. The summed E-state index contributed by atoms with van der Waals surface area (Å²) >= 11 is 4.13. The monoisotopic (exact) mass is 734 g/mol. The minimum absolute atomic E-state index is 0.0416. The van der Waals surface area contributed by atoms with Gasteiger partial charge in [-0.15, -0.1) is 22.8 Å². The number of hydrogen-bond donors (Lipinski definition) is 2. The van der Waals surface area contributed by atoms with Crippen LogP contribution in [0.15, 0.2) is 17.4 Å². The molecule has 0 radical (unpaired) electrons. The Morgan fingerprint density at radius 2 is 0.980 bits per heavy atom. The van der Waals surface area contributed by atoms with E-state index in [1.165, 1.54) is 0 Å². The van der Waals surface area contributed by atoms with Gasteiger partial charge in [0.2, 0.25) is 5.91 Å². The first kappa shape index (κ1) is 43.9. The van der Waals surface area contributed by atoms with Gasteiger partial charge >= 0.3 is 0 Å². The van der Waals surface area contributed by atoms with Crippen LogP contribution in [0.4, 0.5) is 0 Å². The molecule has 288 valence electrons. The van der Waals surface area contributed by atoms with E-state index in [4.69, 9.17) is 42.6 Å². The van der Waals surface area contributed by atoms with Gasteiger partial charge < -0.3 is 47.9 Å². The molecular formula is C31H58N8O10S. The normalized spacial score (nSPS) is 11.6. The molecule has 0 unspecified atom stereocenters. The third kappa shape index (κ3) is 25.6. The van der Waals surface area contributed by atoms with E-state index in [2.05, 4.69) is 43.5 Å². The van der Waals surface area contributed by atoms with Gasteiger partial charge in [0, 0.05) is 39.3 Å². The largest absolute Gasteiger partial charge is 0.379 e. The van der Waals surface area contributed by atoms with Crippen molar-refractivity contribution >= 4 is 18.5 Å². The summed E-state index contributed by atoms with van der Waals surface area (Å²) in [5, 5.41) is 18.8. The fourth-order valence-electron chi connectivity index (χ4n) is 4.05. The van der Waals surface area contributed by atoms with Crippen molar-refractivity contribution in [3.63, 3.8) is 0 Å². The van der Waals surface area contributed by atoms with Gasteiger partial charge in [-0.05, 0) is 6.92 Å². The van der Waals surface area contributed by atoms with Gasteiger partial charge in [0.25, 0.3) is 0 Å². The number of rotatable bonds is 36. The third-order valence-electron chi connectivity index (χ3n) is 6.75. The van der Waals surface area contributed by atoms with Gasteiger partial charge in [0.15, 0.2) is 0 Å². The molecule has 2 aromatic heterocycles. The minimum atomic E-state index is -0.0416. The van der Waals surface area contributed by atoms with Crippen molar-refractivity contribution in [2.45, 2.75) is 31.5 Å². The summed E-state index contributed by atoms with van der Waals surface area (Å²) in [4.78, 5) is 13.4. The second kappa shape index (κ2) is 31.4. The van der Waals surface area contributed by atoms with Crippen LogP contribution in [-0.2, 0) is 60.5 Å². The number of nitrogens with zero attached hydrogens (tertiary/aromatic N) is 7. The zero-order chi connectivity index (χ0) is 35.7. The first-order valence-electron chi connectivity index (χ1n) is 17.1. The fraction of sp³-hybridized carbons (Fsp3) is 0.839. The summed E-state index contributed by atoms with van der Waals surface area (Å²) in [5.41, 5.74) is 0.888. The summed E-state index contributed by atoms with van der Waals surface area (Å²) in [5.74, 6) is -0.0416. The van der Waals surface area contributed by atoms with Crippen LogP contribution in [0.1, 0.15) is 12.1 Å². The van der Waals surface area contributed by atoms with Crippen LogP contribution < -0.4 is 5.32 Å². The van der Waals surface area contributed by atoms with Crippen LogP contribution >= 0.6 is 12.6 Å². The maximum absolute atomic E-state index is 11.2. The molecule has 1 N–H and O–H groups in total. The van der Waals surface area contributed by atoms with Crippen molar-refractivity contribution in [3.8, 4) is 0 Å². The van der Waals surface area contributed by atoms with E-state index in [1.807, 2.05) is 13.1 Å². The smallest absolute Gasteiger partial charge is 0.222 e. The van der Waals surface area contributed by atoms with Crippen LogP contribution in [-0.4, -0.2) is 186 Å². The lowest BCUT2D eigenvalue weighted by Crippen LogP contribution is -2.34. The molecule has 1 amide bonds. The second-order valence-corrected chi connectivity index (χ2v) is 11.2. The number of carbonyl (C=O) groups excluding carboxylic acids is 1. The van der Waals surface area contributed by atoms with Crippen LogP contribution in [0, 0.1) is 6.92 Å². The van der Waals surface area contributed by atoms with Crippen molar-refractivity contribution in [2.75, 3.05) is 146 Å². The molecule has 2 heterocycles. The zero-order valence-corrected chi connectivity index (χ0v) is 30.7. The van der Waals surface area contributed by atoms with Gasteiger partial charge in [0.05, 0.1) is 144 Å². The molecule has 0 aliphatic carbocycles. The van der Waals surface area contributed by atoms with Gasteiger partial charge in [-0.3, -0.25) is 9.69 Å². The molecule has 0 fully saturated rings. The highest BCUT2D eigenvalue weighted by Gasteiger charge is 2.06. The van der Waals surface area contributed by atoms with E-state index < -0.39 is 0 Å². The molecule has 50 heavy (non-hydrogen) atoms. The Labute approximate surface area is 301 Å². The Morgan fingerprint density at radius 1 is 0.600 bits per heavy atom. The number of nitrogens with one attached hydrogen (secondary N) is 1. The quantitative estimate of drug-likeness (QED) is 0.0692. The summed E-state index contributed by atoms with van der Waals surface area (Å²) in [6.07, 6.45) is 3.97. The molecule has 19 heteroatoms. The van der Waals surface area contributed by atoms with E-state index in [0.717, 1.165) is 25.3 Å². The van der Waals surface area contributed by atoms with Crippen LogP contribution in [0.3, 0.4) is 0 Å². The molecular weight excluding hydrogens is 676 g/mol. The van der Waals surface area contributed by atoms with E-state index in [0.29, 0.717) is 143 Å². The molecule has 18 nitrogen and oxygen atoms in total. The number of hydrogen-bond acceptors (Lipinski definition) is 16. The van der Waals surface area contributed by atoms with Crippen molar-refractivity contribution in [1.29, 1.82) is 0 Å². The van der Waals surface area contributed by atoms with Crippen molar-refractivity contribution in [3.05, 3.63) is 18.1 Å². The Morgan fingerprint density at radius 3 is 1.36 bits per heavy atom. The second-order valence-electron chi connectivity index (χ2n) is 10.7. The number of ether oxygens (including phenoxy) is 9. The molecule has 0 aliphatic heterocycles. The average Bonchev–Trinajstić information content (AvgIpc) is 3.74. The molecule has 0 aromatic carbocycles. The molecule has 0 bridgehead atoms. The Kier molecular flexibility index (Phi) is 27.6. The molecule has 0 spiro atoms. The average molecular weight is 735 g/mol. The Bertz CT molecular complexity index is 1010. The highest BCUT2D eigenvalue weighted by atomic mass is 32.1. The number of amides is 1. The molecule has 2 aromatic rings. The summed E-state index contributed by atoms with van der Waals surface area (Å²) in [6, 6.07) is 0. The topological polar surface area (TPSA) is 177 Å². The lowest BCUT2D eigenvalue weighted by molar-refractivity contribution is -0.121. The maximum Gasteiger partial charge on any atom is 0.222 e. The maximum atomic E-state index is 11.2. The lowest BCUT2D eigenvalue weighted by Gasteiger charge is -2.22. The first-order chi connectivity index (χ1) is 24.6. The Balaban J connectivity index is 1.47. The van der Waals surface area contributed by atoms with E-state index in [1.54, 1.807) is 22.6 Å².